The molecule has 2 aromatic carbocycles. The Labute approximate surface area is 110 Å². The molecule has 0 aliphatic heterocycles. The van der Waals surface area contributed by atoms with E-state index < -0.39 is 5.97 Å². The van der Waals surface area contributed by atoms with E-state index in [0.29, 0.717) is 16.3 Å². The third-order valence-corrected chi connectivity index (χ3v) is 2.92. The summed E-state index contributed by atoms with van der Waals surface area (Å²) < 4.78 is 4.69. The average Bonchev–Trinajstić information content (AvgIpc) is 2.39. The van der Waals surface area contributed by atoms with Gasteiger partial charge in [0, 0.05) is 10.6 Å². The van der Waals surface area contributed by atoms with E-state index in [1.165, 1.54) is 7.11 Å². The van der Waals surface area contributed by atoms with E-state index in [-0.39, 0.29) is 0 Å². The summed E-state index contributed by atoms with van der Waals surface area (Å²) in [6.45, 7) is 0. The molecule has 0 radical (unpaired) electrons. The Morgan fingerprint density at radius 3 is 2.44 bits per heavy atom. The Hall–Kier alpha value is -2.00. The zero-order chi connectivity index (χ0) is 13.1. The highest BCUT2D eigenvalue weighted by atomic mass is 35.5. The van der Waals surface area contributed by atoms with Crippen LogP contribution in [0, 0.1) is 0 Å². The first kappa shape index (κ1) is 12.5. The van der Waals surface area contributed by atoms with E-state index in [1.807, 2.05) is 18.2 Å². The molecule has 0 saturated carbocycles. The number of ether oxygens (including phenoxy) is 1. The number of nitrogens with two attached hydrogens (primary N) is 1. The fraction of sp³-hybridized carbons (Fsp3) is 0.0714. The third kappa shape index (κ3) is 2.31. The number of carbonyl (C=O) groups is 1. The van der Waals surface area contributed by atoms with Crippen LogP contribution in [0.15, 0.2) is 42.5 Å². The molecule has 2 aromatic rings. The first-order valence-corrected chi connectivity index (χ1v) is 5.74. The van der Waals surface area contributed by atoms with Crippen molar-refractivity contribution in [3.8, 4) is 11.1 Å². The monoisotopic (exact) mass is 261 g/mol. The predicted molar refractivity (Wildman–Crippen MR) is 72.6 cm³/mol. The molecular formula is C14H12ClNO2. The first-order valence-electron chi connectivity index (χ1n) is 5.36. The zero-order valence-corrected chi connectivity index (χ0v) is 10.6. The lowest BCUT2D eigenvalue weighted by molar-refractivity contribution is 0.0602. The van der Waals surface area contributed by atoms with Crippen molar-refractivity contribution in [3.05, 3.63) is 53.1 Å². The van der Waals surface area contributed by atoms with Crippen LogP contribution in [0.1, 0.15) is 10.4 Å². The Morgan fingerprint density at radius 1 is 1.17 bits per heavy atom. The van der Waals surface area contributed by atoms with Crippen molar-refractivity contribution in [3.63, 3.8) is 0 Å². The molecule has 0 heterocycles. The molecule has 92 valence electrons. The molecule has 4 heteroatoms. The Balaban J connectivity index is 2.52. The Morgan fingerprint density at radius 2 is 1.83 bits per heavy atom. The van der Waals surface area contributed by atoms with Gasteiger partial charge in [0.05, 0.1) is 18.4 Å². The van der Waals surface area contributed by atoms with Crippen LogP contribution in [0.3, 0.4) is 0 Å². The van der Waals surface area contributed by atoms with Crippen molar-refractivity contribution in [2.45, 2.75) is 0 Å². The van der Waals surface area contributed by atoms with Crippen molar-refractivity contribution in [2.75, 3.05) is 12.8 Å². The van der Waals surface area contributed by atoms with Crippen molar-refractivity contribution in [1.82, 2.24) is 0 Å². The molecule has 2 rings (SSSR count). The number of hydrogen-bond acceptors (Lipinski definition) is 3. The summed E-state index contributed by atoms with van der Waals surface area (Å²) in [6.07, 6.45) is 0. The number of methoxy groups -OCH3 is 1. The molecule has 0 spiro atoms. The van der Waals surface area contributed by atoms with E-state index in [0.717, 1.165) is 11.1 Å². The van der Waals surface area contributed by atoms with Gasteiger partial charge >= 0.3 is 5.97 Å². The molecule has 3 nitrogen and oxygen atoms in total. The second-order valence-electron chi connectivity index (χ2n) is 3.77. The second-order valence-corrected chi connectivity index (χ2v) is 4.20. The molecule has 0 fully saturated rings. The van der Waals surface area contributed by atoms with Gasteiger partial charge < -0.3 is 10.5 Å². The van der Waals surface area contributed by atoms with Crippen LogP contribution < -0.4 is 5.73 Å². The highest BCUT2D eigenvalue weighted by molar-refractivity contribution is 6.30. The van der Waals surface area contributed by atoms with Gasteiger partial charge in [-0.3, -0.25) is 0 Å². The quantitative estimate of drug-likeness (QED) is 0.666. The SMILES string of the molecule is COC(=O)c1cccc(-c2ccc(Cl)cc2)c1N. The van der Waals surface area contributed by atoms with Gasteiger partial charge in [-0.25, -0.2) is 4.79 Å². The molecule has 0 atom stereocenters. The van der Waals surface area contributed by atoms with Crippen molar-refractivity contribution in [2.24, 2.45) is 0 Å². The third-order valence-electron chi connectivity index (χ3n) is 2.67. The minimum absolute atomic E-state index is 0.366. The maximum Gasteiger partial charge on any atom is 0.339 e. The zero-order valence-electron chi connectivity index (χ0n) is 9.81. The lowest BCUT2D eigenvalue weighted by Crippen LogP contribution is -2.06. The summed E-state index contributed by atoms with van der Waals surface area (Å²) in [6, 6.07) is 12.5. The minimum atomic E-state index is -0.441. The van der Waals surface area contributed by atoms with Crippen LogP contribution in [0.5, 0.6) is 0 Å². The number of halogens is 1. The number of benzene rings is 2. The fourth-order valence-electron chi connectivity index (χ4n) is 1.73. The van der Waals surface area contributed by atoms with Crippen LogP contribution in [-0.4, -0.2) is 13.1 Å². The van der Waals surface area contributed by atoms with Gasteiger partial charge in [0.25, 0.3) is 0 Å². The predicted octanol–water partition coefficient (Wildman–Crippen LogP) is 3.38. The molecule has 2 N–H and O–H groups in total. The number of hydrogen-bond donors (Lipinski definition) is 1. The summed E-state index contributed by atoms with van der Waals surface area (Å²) in [5, 5.41) is 0.654. The van der Waals surface area contributed by atoms with E-state index in [9.17, 15) is 4.79 Å². The molecule has 0 amide bonds. The molecule has 0 unspecified atom stereocenters. The number of carbonyl (C=O) groups excluding carboxylic acids is 1. The maximum absolute atomic E-state index is 11.5. The van der Waals surface area contributed by atoms with Crippen LogP contribution in [-0.2, 0) is 4.74 Å². The lowest BCUT2D eigenvalue weighted by Gasteiger charge is -2.09. The molecule has 18 heavy (non-hydrogen) atoms. The highest BCUT2D eigenvalue weighted by Crippen LogP contribution is 2.29. The van der Waals surface area contributed by atoms with E-state index in [2.05, 4.69) is 4.74 Å². The number of anilines is 1. The summed E-state index contributed by atoms with van der Waals surface area (Å²) in [4.78, 5) is 11.5. The van der Waals surface area contributed by atoms with E-state index >= 15 is 0 Å². The molecule has 0 aromatic heterocycles. The second kappa shape index (κ2) is 5.10. The molecule has 0 saturated heterocycles. The molecule has 0 aliphatic carbocycles. The average molecular weight is 262 g/mol. The molecule has 0 bridgehead atoms. The standard InChI is InChI=1S/C14H12ClNO2/c1-18-14(17)12-4-2-3-11(13(12)16)9-5-7-10(15)8-6-9/h2-8H,16H2,1H3. The van der Waals surface area contributed by atoms with Gasteiger partial charge in [0.2, 0.25) is 0 Å². The summed E-state index contributed by atoms with van der Waals surface area (Å²) in [7, 11) is 1.33. The number of rotatable bonds is 2. The van der Waals surface area contributed by atoms with Gasteiger partial charge in [-0.1, -0.05) is 35.9 Å². The number of esters is 1. The smallest absolute Gasteiger partial charge is 0.339 e. The Bertz CT molecular complexity index is 579. The minimum Gasteiger partial charge on any atom is -0.465 e. The largest absolute Gasteiger partial charge is 0.465 e. The van der Waals surface area contributed by atoms with Crippen LogP contribution in [0.4, 0.5) is 5.69 Å². The van der Waals surface area contributed by atoms with Gasteiger partial charge in [0.1, 0.15) is 0 Å². The van der Waals surface area contributed by atoms with Gasteiger partial charge in [-0.2, -0.15) is 0 Å². The first-order chi connectivity index (χ1) is 8.63. The fourth-order valence-corrected chi connectivity index (χ4v) is 1.86. The normalized spacial score (nSPS) is 10.1. The van der Waals surface area contributed by atoms with E-state index in [1.54, 1.807) is 24.3 Å². The summed E-state index contributed by atoms with van der Waals surface area (Å²) in [5.41, 5.74) is 8.46. The van der Waals surface area contributed by atoms with Gasteiger partial charge in [-0.05, 0) is 23.8 Å². The molecule has 0 aliphatic rings. The number of para-hydroxylation sites is 1. The topological polar surface area (TPSA) is 52.3 Å². The van der Waals surface area contributed by atoms with Crippen LogP contribution in [0.2, 0.25) is 5.02 Å². The lowest BCUT2D eigenvalue weighted by atomic mass is 10.0. The van der Waals surface area contributed by atoms with Crippen molar-refractivity contribution in [1.29, 1.82) is 0 Å². The maximum atomic E-state index is 11.5. The van der Waals surface area contributed by atoms with Gasteiger partial charge in [0.15, 0.2) is 0 Å². The van der Waals surface area contributed by atoms with Crippen LogP contribution >= 0.6 is 11.6 Å². The van der Waals surface area contributed by atoms with Crippen molar-refractivity contribution < 1.29 is 9.53 Å². The van der Waals surface area contributed by atoms with Gasteiger partial charge in [-0.15, -0.1) is 0 Å². The van der Waals surface area contributed by atoms with E-state index in [4.69, 9.17) is 17.3 Å². The highest BCUT2D eigenvalue weighted by Gasteiger charge is 2.13. The Kier molecular flexibility index (Phi) is 3.53. The van der Waals surface area contributed by atoms with Crippen molar-refractivity contribution >= 4 is 23.3 Å². The number of nitrogen functional groups attached to an aromatic ring is 1. The molecular weight excluding hydrogens is 250 g/mol. The summed E-state index contributed by atoms with van der Waals surface area (Å²) >= 11 is 5.84. The van der Waals surface area contributed by atoms with Crippen LogP contribution in [0.25, 0.3) is 11.1 Å². The summed E-state index contributed by atoms with van der Waals surface area (Å²) in [5.74, 6) is -0.441.